The van der Waals surface area contributed by atoms with Gasteiger partial charge in [-0.25, -0.2) is 0 Å². The van der Waals surface area contributed by atoms with Gasteiger partial charge >= 0.3 is 0 Å². The highest BCUT2D eigenvalue weighted by molar-refractivity contribution is 5.27. The van der Waals surface area contributed by atoms with E-state index in [4.69, 9.17) is 9.47 Å². The Morgan fingerprint density at radius 3 is 2.67 bits per heavy atom. The van der Waals surface area contributed by atoms with Crippen LogP contribution in [0.15, 0.2) is 24.3 Å². The van der Waals surface area contributed by atoms with E-state index in [0.717, 1.165) is 5.75 Å². The first-order chi connectivity index (χ1) is 5.72. The SMILES string of the molecule is COC(C)Oc1cccc(C)c1. The molecule has 0 radical (unpaired) electrons. The zero-order chi connectivity index (χ0) is 8.97. The summed E-state index contributed by atoms with van der Waals surface area (Å²) in [5.74, 6) is 0.851. The van der Waals surface area contributed by atoms with Gasteiger partial charge in [0.05, 0.1) is 0 Å². The fourth-order valence-corrected chi connectivity index (χ4v) is 0.928. The molecule has 66 valence electrons. The Bertz CT molecular complexity index is 245. The molecule has 12 heavy (non-hydrogen) atoms. The van der Waals surface area contributed by atoms with Gasteiger partial charge in [0.15, 0.2) is 6.29 Å². The van der Waals surface area contributed by atoms with Crippen molar-refractivity contribution in [1.29, 1.82) is 0 Å². The van der Waals surface area contributed by atoms with Gasteiger partial charge in [-0.3, -0.25) is 0 Å². The molecule has 2 nitrogen and oxygen atoms in total. The molecule has 1 aromatic carbocycles. The highest BCUT2D eigenvalue weighted by Crippen LogP contribution is 2.13. The molecule has 1 aromatic rings. The molecule has 1 unspecified atom stereocenters. The number of ether oxygens (including phenoxy) is 2. The lowest BCUT2D eigenvalue weighted by Gasteiger charge is -2.12. The van der Waals surface area contributed by atoms with E-state index < -0.39 is 0 Å². The summed E-state index contributed by atoms with van der Waals surface area (Å²) in [5.41, 5.74) is 1.19. The van der Waals surface area contributed by atoms with Gasteiger partial charge < -0.3 is 9.47 Å². The van der Waals surface area contributed by atoms with E-state index in [1.165, 1.54) is 5.56 Å². The zero-order valence-corrected chi connectivity index (χ0v) is 7.70. The summed E-state index contributed by atoms with van der Waals surface area (Å²) in [5, 5.41) is 0. The molecule has 0 fully saturated rings. The van der Waals surface area contributed by atoms with Crippen LogP contribution in [0.25, 0.3) is 0 Å². The van der Waals surface area contributed by atoms with Crippen LogP contribution in [0.1, 0.15) is 12.5 Å². The molecule has 0 aromatic heterocycles. The molecule has 0 amide bonds. The lowest BCUT2D eigenvalue weighted by molar-refractivity contribution is -0.0383. The third kappa shape index (κ3) is 2.55. The molecule has 0 saturated carbocycles. The van der Waals surface area contributed by atoms with E-state index in [-0.39, 0.29) is 6.29 Å². The van der Waals surface area contributed by atoms with Crippen LogP contribution < -0.4 is 4.74 Å². The van der Waals surface area contributed by atoms with Gasteiger partial charge in [-0.15, -0.1) is 0 Å². The maximum Gasteiger partial charge on any atom is 0.196 e. The minimum Gasteiger partial charge on any atom is -0.465 e. The number of aryl methyl sites for hydroxylation is 1. The molecule has 1 rings (SSSR count). The second kappa shape index (κ2) is 4.12. The summed E-state index contributed by atoms with van der Waals surface area (Å²) in [4.78, 5) is 0. The molecule has 0 aliphatic carbocycles. The average Bonchev–Trinajstić information content (AvgIpc) is 2.04. The van der Waals surface area contributed by atoms with Crippen molar-refractivity contribution in [2.45, 2.75) is 20.1 Å². The Kier molecular flexibility index (Phi) is 3.11. The third-order valence-corrected chi connectivity index (χ3v) is 1.62. The molecule has 1 atom stereocenters. The average molecular weight is 166 g/mol. The summed E-state index contributed by atoms with van der Waals surface area (Å²) in [6.45, 7) is 3.90. The quantitative estimate of drug-likeness (QED) is 0.642. The maximum atomic E-state index is 5.42. The Balaban J connectivity index is 2.63. The van der Waals surface area contributed by atoms with E-state index in [1.807, 2.05) is 38.1 Å². The van der Waals surface area contributed by atoms with Gasteiger partial charge in [0.2, 0.25) is 0 Å². The van der Waals surface area contributed by atoms with E-state index in [9.17, 15) is 0 Å². The summed E-state index contributed by atoms with van der Waals surface area (Å²) >= 11 is 0. The van der Waals surface area contributed by atoms with Crippen molar-refractivity contribution >= 4 is 0 Å². The standard InChI is InChI=1S/C10H14O2/c1-8-5-4-6-10(7-8)12-9(2)11-3/h4-7,9H,1-3H3. The van der Waals surface area contributed by atoms with Crippen LogP contribution in [0.3, 0.4) is 0 Å². The van der Waals surface area contributed by atoms with E-state index in [0.29, 0.717) is 0 Å². The highest BCUT2D eigenvalue weighted by atomic mass is 16.7. The Morgan fingerprint density at radius 1 is 1.33 bits per heavy atom. The number of benzene rings is 1. The van der Waals surface area contributed by atoms with Crippen molar-refractivity contribution in [2.75, 3.05) is 7.11 Å². The Hall–Kier alpha value is -1.02. The van der Waals surface area contributed by atoms with Crippen molar-refractivity contribution in [1.82, 2.24) is 0 Å². The highest BCUT2D eigenvalue weighted by Gasteiger charge is 1.99. The van der Waals surface area contributed by atoms with Crippen LogP contribution in [-0.4, -0.2) is 13.4 Å². The maximum absolute atomic E-state index is 5.42. The fourth-order valence-electron chi connectivity index (χ4n) is 0.928. The van der Waals surface area contributed by atoms with Gasteiger partial charge in [0, 0.05) is 7.11 Å². The van der Waals surface area contributed by atoms with Gasteiger partial charge in [-0.2, -0.15) is 0 Å². The normalized spacial score (nSPS) is 12.6. The number of hydrogen-bond donors (Lipinski definition) is 0. The first kappa shape index (κ1) is 9.07. The molecular weight excluding hydrogens is 152 g/mol. The molecule has 0 N–H and O–H groups in total. The van der Waals surface area contributed by atoms with Crippen molar-refractivity contribution in [3.63, 3.8) is 0 Å². The van der Waals surface area contributed by atoms with Gasteiger partial charge in [0.1, 0.15) is 5.75 Å². The summed E-state index contributed by atoms with van der Waals surface area (Å²) in [6, 6.07) is 7.90. The minimum atomic E-state index is -0.188. The molecule has 2 heteroatoms. The first-order valence-corrected chi connectivity index (χ1v) is 3.98. The van der Waals surface area contributed by atoms with Crippen LogP contribution in [0.4, 0.5) is 0 Å². The monoisotopic (exact) mass is 166 g/mol. The first-order valence-electron chi connectivity index (χ1n) is 3.98. The topological polar surface area (TPSA) is 18.5 Å². The van der Waals surface area contributed by atoms with Crippen molar-refractivity contribution in [2.24, 2.45) is 0 Å². The largest absolute Gasteiger partial charge is 0.465 e. The smallest absolute Gasteiger partial charge is 0.196 e. The lowest BCUT2D eigenvalue weighted by atomic mass is 10.2. The molecule has 0 bridgehead atoms. The molecular formula is C10H14O2. The second-order valence-electron chi connectivity index (χ2n) is 2.74. The third-order valence-electron chi connectivity index (χ3n) is 1.62. The summed E-state index contributed by atoms with van der Waals surface area (Å²) in [6.07, 6.45) is -0.188. The van der Waals surface area contributed by atoms with Crippen molar-refractivity contribution in [3.05, 3.63) is 29.8 Å². The molecule has 0 aliphatic rings. The van der Waals surface area contributed by atoms with Gasteiger partial charge in [-0.05, 0) is 31.5 Å². The Morgan fingerprint density at radius 2 is 2.08 bits per heavy atom. The predicted octanol–water partition coefficient (Wildman–Crippen LogP) is 2.37. The van der Waals surface area contributed by atoms with E-state index in [1.54, 1.807) is 7.11 Å². The van der Waals surface area contributed by atoms with Crippen LogP contribution in [0, 0.1) is 6.92 Å². The van der Waals surface area contributed by atoms with E-state index >= 15 is 0 Å². The van der Waals surface area contributed by atoms with Crippen molar-refractivity contribution < 1.29 is 9.47 Å². The number of rotatable bonds is 3. The zero-order valence-electron chi connectivity index (χ0n) is 7.70. The minimum absolute atomic E-state index is 0.188. The van der Waals surface area contributed by atoms with Crippen LogP contribution in [0.2, 0.25) is 0 Å². The molecule has 0 spiro atoms. The number of hydrogen-bond acceptors (Lipinski definition) is 2. The molecule has 0 saturated heterocycles. The lowest BCUT2D eigenvalue weighted by Crippen LogP contribution is -2.13. The number of methoxy groups -OCH3 is 1. The summed E-state index contributed by atoms with van der Waals surface area (Å²) in [7, 11) is 1.63. The van der Waals surface area contributed by atoms with Crippen LogP contribution in [0.5, 0.6) is 5.75 Å². The van der Waals surface area contributed by atoms with Crippen molar-refractivity contribution in [3.8, 4) is 5.75 Å². The predicted molar refractivity (Wildman–Crippen MR) is 48.3 cm³/mol. The van der Waals surface area contributed by atoms with Crippen LogP contribution in [-0.2, 0) is 4.74 Å². The summed E-state index contributed by atoms with van der Waals surface area (Å²) < 4.78 is 10.4. The Labute approximate surface area is 73.1 Å². The van der Waals surface area contributed by atoms with Gasteiger partial charge in [-0.1, -0.05) is 12.1 Å². The molecule has 0 heterocycles. The fraction of sp³-hybridized carbons (Fsp3) is 0.400. The van der Waals surface area contributed by atoms with E-state index in [2.05, 4.69) is 0 Å². The second-order valence-corrected chi connectivity index (χ2v) is 2.74. The van der Waals surface area contributed by atoms with Crippen LogP contribution >= 0.6 is 0 Å². The molecule has 0 aliphatic heterocycles. The van der Waals surface area contributed by atoms with Gasteiger partial charge in [0.25, 0.3) is 0 Å².